The molecule has 0 aromatic heterocycles. The highest BCUT2D eigenvalue weighted by Crippen LogP contribution is 2.31. The monoisotopic (exact) mass is 354 g/mol. The number of benzene rings is 2. The second kappa shape index (κ2) is 7.91. The molecule has 0 atom stereocenters. The number of rotatable bonds is 5. The third-order valence-electron chi connectivity index (χ3n) is 4.10. The third-order valence-corrected chi connectivity index (χ3v) is 4.10. The summed E-state index contributed by atoms with van der Waals surface area (Å²) in [6.07, 6.45) is 0. The maximum Gasteiger partial charge on any atom is 0.254 e. The molecule has 1 heterocycles. The van der Waals surface area contributed by atoms with Gasteiger partial charge in [-0.05, 0) is 48.9 Å². The Balaban J connectivity index is 1.71. The number of hydrogen-bond donors (Lipinski definition) is 1. The van der Waals surface area contributed by atoms with Crippen LogP contribution < -0.4 is 14.8 Å². The van der Waals surface area contributed by atoms with E-state index in [0.717, 1.165) is 17.1 Å². The number of carbonyl (C=O) groups excluding carboxylic acids is 2. The molecule has 3 rings (SSSR count). The van der Waals surface area contributed by atoms with Crippen LogP contribution >= 0.6 is 0 Å². The zero-order valence-corrected chi connectivity index (χ0v) is 15.0. The Bertz CT molecular complexity index is 802. The van der Waals surface area contributed by atoms with Crippen molar-refractivity contribution in [1.29, 1.82) is 0 Å². The molecule has 2 aromatic rings. The predicted octanol–water partition coefficient (Wildman–Crippen LogP) is 3.08. The number of nitrogens with one attached hydrogen (secondary N) is 1. The maximum atomic E-state index is 12.8. The Morgan fingerprint density at radius 3 is 2.38 bits per heavy atom. The summed E-state index contributed by atoms with van der Waals surface area (Å²) in [6.45, 7) is 5.56. The predicted molar refractivity (Wildman–Crippen MR) is 98.6 cm³/mol. The van der Waals surface area contributed by atoms with Gasteiger partial charge >= 0.3 is 0 Å². The molecule has 2 amide bonds. The SMILES string of the molecule is CCN(Cc1ccc2c(c1)OCCO2)C(=O)c1ccc(NC(C)=O)cc1. The summed E-state index contributed by atoms with van der Waals surface area (Å²) < 4.78 is 11.1. The lowest BCUT2D eigenvalue weighted by molar-refractivity contribution is -0.114. The van der Waals surface area contributed by atoms with Crippen molar-refractivity contribution in [3.63, 3.8) is 0 Å². The molecule has 0 saturated heterocycles. The van der Waals surface area contributed by atoms with Gasteiger partial charge < -0.3 is 19.7 Å². The van der Waals surface area contributed by atoms with Crippen LogP contribution in [0.1, 0.15) is 29.8 Å². The lowest BCUT2D eigenvalue weighted by atomic mass is 10.1. The molecule has 0 bridgehead atoms. The summed E-state index contributed by atoms with van der Waals surface area (Å²) in [4.78, 5) is 25.6. The van der Waals surface area contributed by atoms with E-state index in [1.54, 1.807) is 29.2 Å². The van der Waals surface area contributed by atoms with E-state index in [1.807, 2.05) is 25.1 Å². The molecule has 6 nitrogen and oxygen atoms in total. The highest BCUT2D eigenvalue weighted by Gasteiger charge is 2.17. The van der Waals surface area contributed by atoms with Crippen molar-refractivity contribution in [3.05, 3.63) is 53.6 Å². The minimum Gasteiger partial charge on any atom is -0.486 e. The van der Waals surface area contributed by atoms with Gasteiger partial charge in [-0.15, -0.1) is 0 Å². The average molecular weight is 354 g/mol. The van der Waals surface area contributed by atoms with Gasteiger partial charge in [0.2, 0.25) is 5.91 Å². The van der Waals surface area contributed by atoms with E-state index in [4.69, 9.17) is 9.47 Å². The standard InChI is InChI=1S/C20H22N2O4/c1-3-22(13-15-4-9-18-19(12-15)26-11-10-25-18)20(24)16-5-7-17(8-6-16)21-14(2)23/h4-9,12H,3,10-11,13H2,1-2H3,(H,21,23). The Hall–Kier alpha value is -3.02. The van der Waals surface area contributed by atoms with Gasteiger partial charge in [0.05, 0.1) is 0 Å². The summed E-state index contributed by atoms with van der Waals surface area (Å²) >= 11 is 0. The van der Waals surface area contributed by atoms with Crippen LogP contribution in [0.15, 0.2) is 42.5 Å². The summed E-state index contributed by atoms with van der Waals surface area (Å²) in [5.41, 5.74) is 2.24. The van der Waals surface area contributed by atoms with Gasteiger partial charge in [0, 0.05) is 31.3 Å². The molecule has 26 heavy (non-hydrogen) atoms. The molecule has 1 aliphatic heterocycles. The van der Waals surface area contributed by atoms with Gasteiger partial charge in [-0.3, -0.25) is 9.59 Å². The number of carbonyl (C=O) groups is 2. The van der Waals surface area contributed by atoms with E-state index < -0.39 is 0 Å². The second-order valence-electron chi connectivity index (χ2n) is 6.06. The fourth-order valence-corrected chi connectivity index (χ4v) is 2.82. The normalized spacial score (nSPS) is 12.4. The molecular formula is C20H22N2O4. The zero-order chi connectivity index (χ0) is 18.5. The first-order valence-electron chi connectivity index (χ1n) is 8.62. The van der Waals surface area contributed by atoms with Crippen molar-refractivity contribution < 1.29 is 19.1 Å². The van der Waals surface area contributed by atoms with Crippen LogP contribution in [-0.2, 0) is 11.3 Å². The van der Waals surface area contributed by atoms with Crippen molar-refractivity contribution in [2.75, 3.05) is 25.1 Å². The van der Waals surface area contributed by atoms with Crippen molar-refractivity contribution in [1.82, 2.24) is 4.90 Å². The molecular weight excluding hydrogens is 332 g/mol. The third kappa shape index (κ3) is 4.14. The number of anilines is 1. The molecule has 6 heteroatoms. The number of amides is 2. The molecule has 0 aliphatic carbocycles. The lowest BCUT2D eigenvalue weighted by Crippen LogP contribution is -2.30. The first-order valence-corrected chi connectivity index (χ1v) is 8.62. The number of nitrogens with zero attached hydrogens (tertiary/aromatic N) is 1. The smallest absolute Gasteiger partial charge is 0.254 e. The highest BCUT2D eigenvalue weighted by molar-refractivity contribution is 5.95. The van der Waals surface area contributed by atoms with Gasteiger partial charge in [0.25, 0.3) is 5.91 Å². The average Bonchev–Trinajstić information content (AvgIpc) is 2.65. The van der Waals surface area contributed by atoms with Gasteiger partial charge in [-0.2, -0.15) is 0 Å². The summed E-state index contributed by atoms with van der Waals surface area (Å²) in [6, 6.07) is 12.7. The Labute approximate surface area is 152 Å². The minimum absolute atomic E-state index is 0.0586. The maximum absolute atomic E-state index is 12.8. The first kappa shape index (κ1) is 17.8. The van der Waals surface area contributed by atoms with Crippen LogP contribution in [-0.4, -0.2) is 36.5 Å². The molecule has 1 N–H and O–H groups in total. The number of hydrogen-bond acceptors (Lipinski definition) is 4. The molecule has 0 saturated carbocycles. The van der Waals surface area contributed by atoms with E-state index in [9.17, 15) is 9.59 Å². The largest absolute Gasteiger partial charge is 0.486 e. The lowest BCUT2D eigenvalue weighted by Gasteiger charge is -2.23. The van der Waals surface area contributed by atoms with E-state index in [2.05, 4.69) is 5.32 Å². The zero-order valence-electron chi connectivity index (χ0n) is 15.0. The summed E-state index contributed by atoms with van der Waals surface area (Å²) in [5, 5.41) is 2.69. The molecule has 136 valence electrons. The van der Waals surface area contributed by atoms with Crippen LogP contribution in [0, 0.1) is 0 Å². The Morgan fingerprint density at radius 2 is 1.73 bits per heavy atom. The van der Waals surface area contributed by atoms with Crippen molar-refractivity contribution in [2.24, 2.45) is 0 Å². The van der Waals surface area contributed by atoms with Crippen molar-refractivity contribution in [3.8, 4) is 11.5 Å². The van der Waals surface area contributed by atoms with Gasteiger partial charge in [0.1, 0.15) is 13.2 Å². The molecule has 0 radical (unpaired) electrons. The van der Waals surface area contributed by atoms with E-state index in [0.29, 0.717) is 37.6 Å². The molecule has 0 fully saturated rings. The molecule has 0 unspecified atom stereocenters. The first-order chi connectivity index (χ1) is 12.6. The topological polar surface area (TPSA) is 67.9 Å². The second-order valence-corrected chi connectivity index (χ2v) is 6.06. The fourth-order valence-electron chi connectivity index (χ4n) is 2.82. The van der Waals surface area contributed by atoms with Crippen LogP contribution in [0.3, 0.4) is 0 Å². The van der Waals surface area contributed by atoms with Crippen LogP contribution in [0.2, 0.25) is 0 Å². The fraction of sp³-hybridized carbons (Fsp3) is 0.300. The quantitative estimate of drug-likeness (QED) is 0.896. The molecule has 1 aliphatic rings. The minimum atomic E-state index is -0.141. The van der Waals surface area contributed by atoms with Crippen LogP contribution in [0.5, 0.6) is 11.5 Å². The Kier molecular flexibility index (Phi) is 5.41. The van der Waals surface area contributed by atoms with Crippen molar-refractivity contribution >= 4 is 17.5 Å². The van der Waals surface area contributed by atoms with E-state index in [1.165, 1.54) is 6.92 Å². The van der Waals surface area contributed by atoms with Crippen LogP contribution in [0.25, 0.3) is 0 Å². The molecule has 2 aromatic carbocycles. The van der Waals surface area contributed by atoms with Gasteiger partial charge in [0.15, 0.2) is 11.5 Å². The highest BCUT2D eigenvalue weighted by atomic mass is 16.6. The summed E-state index contributed by atoms with van der Waals surface area (Å²) in [7, 11) is 0. The van der Waals surface area contributed by atoms with Crippen molar-refractivity contribution in [2.45, 2.75) is 20.4 Å². The number of fused-ring (bicyclic) bond motifs is 1. The Morgan fingerprint density at radius 1 is 1.04 bits per heavy atom. The van der Waals surface area contributed by atoms with E-state index >= 15 is 0 Å². The number of ether oxygens (including phenoxy) is 2. The van der Waals surface area contributed by atoms with E-state index in [-0.39, 0.29) is 11.8 Å². The van der Waals surface area contributed by atoms with Gasteiger partial charge in [-0.1, -0.05) is 6.07 Å². The van der Waals surface area contributed by atoms with Crippen LogP contribution in [0.4, 0.5) is 5.69 Å². The van der Waals surface area contributed by atoms with Gasteiger partial charge in [-0.25, -0.2) is 0 Å². The molecule has 0 spiro atoms. The summed E-state index contributed by atoms with van der Waals surface area (Å²) in [5.74, 6) is 1.26.